The van der Waals surface area contributed by atoms with Gasteiger partial charge in [0.25, 0.3) is 0 Å². The number of fused-ring (bicyclic) bond motifs is 1. The summed E-state index contributed by atoms with van der Waals surface area (Å²) in [6.45, 7) is 4.87. The topological polar surface area (TPSA) is 35.2 Å². The van der Waals surface area contributed by atoms with Crippen LogP contribution in [-0.4, -0.2) is 6.61 Å². The van der Waals surface area contributed by atoms with Crippen LogP contribution < -0.4 is 10.5 Å². The number of halogens is 2. The zero-order chi connectivity index (χ0) is 10.3. The van der Waals surface area contributed by atoms with E-state index in [0.29, 0.717) is 0 Å². The van der Waals surface area contributed by atoms with Gasteiger partial charge in [0, 0.05) is 22.5 Å². The first-order valence-electron chi connectivity index (χ1n) is 4.79. The lowest BCUT2D eigenvalue weighted by atomic mass is 9.94. The number of nitrogens with two attached hydrogens (primary N) is 1. The van der Waals surface area contributed by atoms with Gasteiger partial charge in [-0.25, -0.2) is 0 Å². The van der Waals surface area contributed by atoms with E-state index >= 15 is 0 Å². The minimum Gasteiger partial charge on any atom is -0.493 e. The van der Waals surface area contributed by atoms with Crippen molar-refractivity contribution in [3.05, 3.63) is 27.2 Å². The van der Waals surface area contributed by atoms with Gasteiger partial charge in [-0.1, -0.05) is 15.9 Å². The van der Waals surface area contributed by atoms with Crippen LogP contribution in [0, 0.1) is 13.8 Å². The molecule has 0 bridgehead atoms. The fourth-order valence-electron chi connectivity index (χ4n) is 1.95. The lowest BCUT2D eigenvalue weighted by Crippen LogP contribution is -2.22. The molecule has 84 valence electrons. The van der Waals surface area contributed by atoms with Gasteiger partial charge in [0.15, 0.2) is 0 Å². The average molecular weight is 293 g/mol. The Morgan fingerprint density at radius 3 is 2.80 bits per heavy atom. The molecule has 0 spiro atoms. The van der Waals surface area contributed by atoms with Crippen molar-refractivity contribution in [2.24, 2.45) is 5.73 Å². The Labute approximate surface area is 105 Å². The van der Waals surface area contributed by atoms with E-state index in [1.165, 1.54) is 11.1 Å². The van der Waals surface area contributed by atoms with Crippen LogP contribution >= 0.6 is 28.3 Å². The predicted octanol–water partition coefficient (Wildman–Crippen LogP) is 3.27. The van der Waals surface area contributed by atoms with Gasteiger partial charge in [0.1, 0.15) is 5.75 Å². The molecule has 0 saturated carbocycles. The second kappa shape index (κ2) is 4.73. The summed E-state index contributed by atoms with van der Waals surface area (Å²) in [7, 11) is 0. The normalized spacial score (nSPS) is 18.8. The molecule has 1 aliphatic heterocycles. The van der Waals surface area contributed by atoms with E-state index in [2.05, 4.69) is 35.8 Å². The maximum atomic E-state index is 6.08. The fraction of sp³-hybridized carbons (Fsp3) is 0.455. The molecule has 15 heavy (non-hydrogen) atoms. The van der Waals surface area contributed by atoms with E-state index in [9.17, 15) is 0 Å². The third-order valence-corrected chi connectivity index (χ3v) is 3.58. The molecule has 0 unspecified atom stereocenters. The van der Waals surface area contributed by atoms with Crippen molar-refractivity contribution >= 4 is 28.3 Å². The van der Waals surface area contributed by atoms with Crippen molar-refractivity contribution in [3.8, 4) is 5.75 Å². The molecule has 0 fully saturated rings. The summed E-state index contributed by atoms with van der Waals surface area (Å²) >= 11 is 3.54. The van der Waals surface area contributed by atoms with Crippen molar-refractivity contribution in [1.82, 2.24) is 0 Å². The summed E-state index contributed by atoms with van der Waals surface area (Å²) in [5.41, 5.74) is 9.62. The zero-order valence-electron chi connectivity index (χ0n) is 8.84. The van der Waals surface area contributed by atoms with Gasteiger partial charge in [-0.2, -0.15) is 0 Å². The lowest BCUT2D eigenvalue weighted by molar-refractivity contribution is 0.266. The first-order valence-corrected chi connectivity index (χ1v) is 5.58. The predicted molar refractivity (Wildman–Crippen MR) is 67.9 cm³/mol. The molecular formula is C11H15BrClNO. The highest BCUT2D eigenvalue weighted by Crippen LogP contribution is 2.39. The van der Waals surface area contributed by atoms with Crippen LogP contribution in [0.4, 0.5) is 0 Å². The summed E-state index contributed by atoms with van der Waals surface area (Å²) in [4.78, 5) is 0. The number of hydrogen-bond acceptors (Lipinski definition) is 2. The Morgan fingerprint density at radius 2 is 2.13 bits per heavy atom. The Balaban J connectivity index is 0.00000112. The first-order chi connectivity index (χ1) is 6.61. The van der Waals surface area contributed by atoms with Crippen LogP contribution in [0.2, 0.25) is 0 Å². The lowest BCUT2D eigenvalue weighted by Gasteiger charge is -2.26. The Hall–Kier alpha value is -0.250. The van der Waals surface area contributed by atoms with E-state index < -0.39 is 0 Å². The molecule has 2 nitrogen and oxygen atoms in total. The molecule has 2 N–H and O–H groups in total. The highest BCUT2D eigenvalue weighted by molar-refractivity contribution is 9.10. The van der Waals surface area contributed by atoms with Crippen LogP contribution in [0.15, 0.2) is 10.5 Å². The van der Waals surface area contributed by atoms with Gasteiger partial charge in [-0.15, -0.1) is 12.4 Å². The molecule has 0 radical (unpaired) electrons. The number of benzene rings is 1. The van der Waals surface area contributed by atoms with Crippen molar-refractivity contribution in [3.63, 3.8) is 0 Å². The third kappa shape index (κ3) is 2.14. The summed E-state index contributed by atoms with van der Waals surface area (Å²) < 4.78 is 6.78. The molecule has 1 aliphatic rings. The van der Waals surface area contributed by atoms with Gasteiger partial charge in [-0.3, -0.25) is 0 Å². The zero-order valence-corrected chi connectivity index (χ0v) is 11.2. The van der Waals surface area contributed by atoms with Crippen LogP contribution in [0.25, 0.3) is 0 Å². The van der Waals surface area contributed by atoms with Gasteiger partial charge >= 0.3 is 0 Å². The highest BCUT2D eigenvalue weighted by Gasteiger charge is 2.23. The van der Waals surface area contributed by atoms with E-state index in [-0.39, 0.29) is 18.4 Å². The maximum absolute atomic E-state index is 6.08. The summed E-state index contributed by atoms with van der Waals surface area (Å²) in [5.74, 6) is 0.990. The molecule has 0 aromatic heterocycles. The molecule has 0 aliphatic carbocycles. The van der Waals surface area contributed by atoms with E-state index in [1.807, 2.05) is 0 Å². The van der Waals surface area contributed by atoms with Crippen LogP contribution in [-0.2, 0) is 0 Å². The largest absolute Gasteiger partial charge is 0.493 e. The minimum atomic E-state index is 0. The second-order valence-corrected chi connectivity index (χ2v) is 4.64. The van der Waals surface area contributed by atoms with Crippen LogP contribution in [0.3, 0.4) is 0 Å². The quantitative estimate of drug-likeness (QED) is 0.796. The molecule has 2 rings (SSSR count). The van der Waals surface area contributed by atoms with Gasteiger partial charge in [0.05, 0.1) is 6.61 Å². The van der Waals surface area contributed by atoms with Crippen molar-refractivity contribution < 1.29 is 4.74 Å². The van der Waals surface area contributed by atoms with Crippen LogP contribution in [0.1, 0.15) is 29.2 Å². The van der Waals surface area contributed by atoms with E-state index in [1.54, 1.807) is 0 Å². The maximum Gasteiger partial charge on any atom is 0.127 e. The molecule has 0 saturated heterocycles. The molecule has 1 atom stereocenters. The fourth-order valence-corrected chi connectivity index (χ4v) is 2.50. The van der Waals surface area contributed by atoms with Gasteiger partial charge in [-0.05, 0) is 31.0 Å². The summed E-state index contributed by atoms with van der Waals surface area (Å²) in [6, 6.07) is 2.21. The molecule has 0 amide bonds. The summed E-state index contributed by atoms with van der Waals surface area (Å²) in [5, 5.41) is 0. The van der Waals surface area contributed by atoms with Crippen molar-refractivity contribution in [2.45, 2.75) is 26.3 Å². The van der Waals surface area contributed by atoms with E-state index in [4.69, 9.17) is 10.5 Å². The number of hydrogen-bond donors (Lipinski definition) is 1. The smallest absolute Gasteiger partial charge is 0.127 e. The summed E-state index contributed by atoms with van der Waals surface area (Å²) in [6.07, 6.45) is 0.906. The first kappa shape index (κ1) is 12.8. The van der Waals surface area contributed by atoms with Crippen LogP contribution in [0.5, 0.6) is 5.75 Å². The highest BCUT2D eigenvalue weighted by atomic mass is 79.9. The number of rotatable bonds is 0. The Kier molecular flexibility index (Phi) is 4.04. The SMILES string of the molecule is Cc1cc(Br)c(C)c2c1OCC[C@@H]2N.Cl. The Morgan fingerprint density at radius 1 is 1.47 bits per heavy atom. The average Bonchev–Trinajstić information content (AvgIpc) is 2.14. The number of ether oxygens (including phenoxy) is 1. The van der Waals surface area contributed by atoms with Crippen molar-refractivity contribution in [2.75, 3.05) is 6.61 Å². The monoisotopic (exact) mass is 291 g/mol. The third-order valence-electron chi connectivity index (χ3n) is 2.75. The minimum absolute atomic E-state index is 0. The molecule has 1 aromatic rings. The molecular weight excluding hydrogens is 277 g/mol. The van der Waals surface area contributed by atoms with Crippen molar-refractivity contribution in [1.29, 1.82) is 0 Å². The second-order valence-electron chi connectivity index (χ2n) is 3.79. The molecule has 4 heteroatoms. The van der Waals surface area contributed by atoms with Gasteiger partial charge < -0.3 is 10.5 Å². The molecule has 1 aromatic carbocycles. The standard InChI is InChI=1S/C11H14BrNO.ClH/c1-6-5-8(12)7(2)10-9(13)3-4-14-11(6)10;/h5,9H,3-4,13H2,1-2H3;1H/t9-;/m0./s1. The van der Waals surface area contributed by atoms with E-state index in [0.717, 1.165) is 28.8 Å². The Bertz CT molecular complexity index is 381. The number of aryl methyl sites for hydroxylation is 1. The van der Waals surface area contributed by atoms with Gasteiger partial charge in [0.2, 0.25) is 0 Å². The molecule has 1 heterocycles.